The van der Waals surface area contributed by atoms with Crippen molar-refractivity contribution in [3.05, 3.63) is 113 Å². The van der Waals surface area contributed by atoms with Gasteiger partial charge >= 0.3 is 5.97 Å². The topological polar surface area (TPSA) is 86.1 Å². The summed E-state index contributed by atoms with van der Waals surface area (Å²) in [5.74, 6) is 0.692. The normalized spacial score (nSPS) is 11.7. The lowest BCUT2D eigenvalue weighted by molar-refractivity contribution is 0.0697. The standard InChI is InChI=1S/C35H30N4O3/c1-4-9-31-36-32-22(3)18-24(34-37-33-21(2)10-7-15-30(33)42-34)19-29(32)39(31)20-23-11-8-14-27-25(23)16-17-38(27)28-13-6-5-12-26(28)35(40)41/h5-8,10-19H,4,9,20H2,1-3H3,(H,40,41). The van der Waals surface area contributed by atoms with E-state index in [1.807, 2.05) is 60.2 Å². The van der Waals surface area contributed by atoms with Crippen LogP contribution in [-0.2, 0) is 13.0 Å². The van der Waals surface area contributed by atoms with Crippen molar-refractivity contribution < 1.29 is 14.3 Å². The second-order valence-corrected chi connectivity index (χ2v) is 10.8. The smallest absolute Gasteiger partial charge is 0.337 e. The fourth-order valence-electron chi connectivity index (χ4n) is 5.98. The van der Waals surface area contributed by atoms with E-state index in [2.05, 4.69) is 42.7 Å². The Bertz CT molecular complexity index is 2150. The number of imidazole rings is 1. The van der Waals surface area contributed by atoms with Gasteiger partial charge in [0.15, 0.2) is 5.58 Å². The molecular formula is C35H30N4O3. The maximum Gasteiger partial charge on any atom is 0.337 e. The average molecular weight is 555 g/mol. The van der Waals surface area contributed by atoms with Crippen molar-refractivity contribution in [2.24, 2.45) is 0 Å². The molecule has 0 unspecified atom stereocenters. The van der Waals surface area contributed by atoms with Gasteiger partial charge < -0.3 is 18.7 Å². The molecule has 0 aliphatic carbocycles. The SMILES string of the molecule is CCCc1nc2c(C)cc(-c3nc4c(C)cccc4o3)cc2n1Cc1cccc2c1ccn2-c1ccccc1C(=O)O. The zero-order valence-corrected chi connectivity index (χ0v) is 23.8. The third-order valence-corrected chi connectivity index (χ3v) is 8.01. The highest BCUT2D eigenvalue weighted by atomic mass is 16.4. The molecule has 7 nitrogen and oxygen atoms in total. The van der Waals surface area contributed by atoms with Gasteiger partial charge in [-0.05, 0) is 79.4 Å². The van der Waals surface area contributed by atoms with Crippen LogP contribution in [0.3, 0.4) is 0 Å². The van der Waals surface area contributed by atoms with Crippen LogP contribution < -0.4 is 0 Å². The number of oxazole rings is 1. The Labute approximate surface area is 242 Å². The van der Waals surface area contributed by atoms with Crippen LogP contribution in [0.5, 0.6) is 0 Å². The molecule has 0 spiro atoms. The van der Waals surface area contributed by atoms with E-state index >= 15 is 0 Å². The number of rotatable bonds is 7. The van der Waals surface area contributed by atoms with Gasteiger partial charge in [0, 0.05) is 23.6 Å². The Morgan fingerprint density at radius 1 is 0.881 bits per heavy atom. The van der Waals surface area contributed by atoms with Crippen LogP contribution in [-0.4, -0.2) is 30.2 Å². The van der Waals surface area contributed by atoms with Crippen molar-refractivity contribution in [2.45, 2.75) is 40.2 Å². The van der Waals surface area contributed by atoms with Gasteiger partial charge in [0.1, 0.15) is 11.3 Å². The van der Waals surface area contributed by atoms with Crippen molar-refractivity contribution in [3.63, 3.8) is 0 Å². The fourth-order valence-corrected chi connectivity index (χ4v) is 5.98. The van der Waals surface area contributed by atoms with Gasteiger partial charge in [0.2, 0.25) is 5.89 Å². The van der Waals surface area contributed by atoms with E-state index in [9.17, 15) is 9.90 Å². The number of aromatic nitrogens is 4. The Balaban J connectivity index is 1.37. The van der Waals surface area contributed by atoms with E-state index in [1.165, 1.54) is 0 Å². The molecule has 7 aromatic rings. The minimum atomic E-state index is -0.946. The predicted molar refractivity (Wildman–Crippen MR) is 166 cm³/mol. The molecule has 0 saturated carbocycles. The van der Waals surface area contributed by atoms with Gasteiger partial charge in [0.25, 0.3) is 0 Å². The Hall–Kier alpha value is -5.17. The number of benzene rings is 4. The van der Waals surface area contributed by atoms with Crippen LogP contribution in [0.25, 0.3) is 50.2 Å². The first-order valence-corrected chi connectivity index (χ1v) is 14.2. The second kappa shape index (κ2) is 10.0. The summed E-state index contributed by atoms with van der Waals surface area (Å²) in [5, 5.41) is 10.9. The number of carboxylic acids is 1. The zero-order valence-electron chi connectivity index (χ0n) is 23.8. The number of hydrogen-bond donors (Lipinski definition) is 1. The maximum atomic E-state index is 11.9. The highest BCUT2D eigenvalue weighted by Gasteiger charge is 2.19. The van der Waals surface area contributed by atoms with Gasteiger partial charge in [-0.25, -0.2) is 14.8 Å². The molecule has 3 aromatic heterocycles. The number of para-hydroxylation sites is 2. The molecule has 4 aromatic carbocycles. The fraction of sp³-hybridized carbons (Fsp3) is 0.171. The van der Waals surface area contributed by atoms with Crippen LogP contribution in [0.2, 0.25) is 0 Å². The summed E-state index contributed by atoms with van der Waals surface area (Å²) in [6, 6.07) is 25.6. The molecule has 1 N–H and O–H groups in total. The molecule has 0 aliphatic rings. The minimum absolute atomic E-state index is 0.267. The van der Waals surface area contributed by atoms with Crippen LogP contribution in [0, 0.1) is 13.8 Å². The third kappa shape index (κ3) is 4.16. The molecule has 0 atom stereocenters. The van der Waals surface area contributed by atoms with Crippen molar-refractivity contribution in [2.75, 3.05) is 0 Å². The average Bonchev–Trinajstić information content (AvgIpc) is 3.70. The molecule has 0 radical (unpaired) electrons. The molecule has 0 fully saturated rings. The molecule has 7 heteroatoms. The van der Waals surface area contributed by atoms with Gasteiger partial charge in [-0.3, -0.25) is 0 Å². The van der Waals surface area contributed by atoms with Gasteiger partial charge in [-0.1, -0.05) is 43.3 Å². The summed E-state index contributed by atoms with van der Waals surface area (Å²) >= 11 is 0. The van der Waals surface area contributed by atoms with Gasteiger partial charge in [-0.2, -0.15) is 0 Å². The van der Waals surface area contributed by atoms with E-state index < -0.39 is 5.97 Å². The Kier molecular flexibility index (Phi) is 6.16. The summed E-state index contributed by atoms with van der Waals surface area (Å²) < 4.78 is 10.5. The lowest BCUT2D eigenvalue weighted by atomic mass is 10.1. The summed E-state index contributed by atoms with van der Waals surface area (Å²) in [6.07, 6.45) is 3.78. The lowest BCUT2D eigenvalue weighted by Crippen LogP contribution is -2.06. The number of aryl methyl sites for hydroxylation is 3. The highest BCUT2D eigenvalue weighted by molar-refractivity contribution is 5.94. The van der Waals surface area contributed by atoms with E-state index in [4.69, 9.17) is 14.4 Å². The number of carbonyl (C=O) groups is 1. The first-order valence-electron chi connectivity index (χ1n) is 14.2. The molecule has 0 aliphatic heterocycles. The quantitative estimate of drug-likeness (QED) is 0.215. The number of hydrogen-bond acceptors (Lipinski definition) is 4. The molecular weight excluding hydrogens is 524 g/mol. The van der Waals surface area contributed by atoms with Crippen molar-refractivity contribution in [1.82, 2.24) is 19.1 Å². The van der Waals surface area contributed by atoms with Gasteiger partial charge in [0.05, 0.1) is 34.3 Å². The number of carboxylic acid groups (broad SMARTS) is 1. The molecule has 0 saturated heterocycles. The summed E-state index contributed by atoms with van der Waals surface area (Å²) in [4.78, 5) is 21.9. The van der Waals surface area contributed by atoms with Crippen molar-refractivity contribution in [1.29, 1.82) is 0 Å². The van der Waals surface area contributed by atoms with Crippen LogP contribution in [0.4, 0.5) is 0 Å². The Morgan fingerprint density at radius 3 is 2.52 bits per heavy atom. The van der Waals surface area contributed by atoms with E-state index in [0.29, 0.717) is 18.1 Å². The lowest BCUT2D eigenvalue weighted by Gasteiger charge is -2.13. The van der Waals surface area contributed by atoms with E-state index in [0.717, 1.165) is 74.0 Å². The van der Waals surface area contributed by atoms with Crippen LogP contribution in [0.1, 0.15) is 46.2 Å². The molecule has 208 valence electrons. The number of aromatic carboxylic acids is 1. The Morgan fingerprint density at radius 2 is 1.71 bits per heavy atom. The molecule has 0 amide bonds. The molecule has 7 rings (SSSR count). The molecule has 3 heterocycles. The van der Waals surface area contributed by atoms with Crippen molar-refractivity contribution >= 4 is 39.0 Å². The first kappa shape index (κ1) is 25.8. The summed E-state index contributed by atoms with van der Waals surface area (Å²) in [5.41, 5.74) is 9.78. The predicted octanol–water partition coefficient (Wildman–Crippen LogP) is 8.10. The van der Waals surface area contributed by atoms with E-state index in [1.54, 1.807) is 12.1 Å². The summed E-state index contributed by atoms with van der Waals surface area (Å²) in [7, 11) is 0. The first-order chi connectivity index (χ1) is 20.4. The van der Waals surface area contributed by atoms with Gasteiger partial charge in [-0.15, -0.1) is 0 Å². The molecule has 42 heavy (non-hydrogen) atoms. The monoisotopic (exact) mass is 554 g/mol. The largest absolute Gasteiger partial charge is 0.478 e. The zero-order chi connectivity index (χ0) is 29.0. The minimum Gasteiger partial charge on any atom is -0.478 e. The van der Waals surface area contributed by atoms with Crippen LogP contribution in [0.15, 0.2) is 89.5 Å². The summed E-state index contributed by atoms with van der Waals surface area (Å²) in [6.45, 7) is 6.93. The third-order valence-electron chi connectivity index (χ3n) is 8.01. The maximum absolute atomic E-state index is 11.9. The van der Waals surface area contributed by atoms with E-state index in [-0.39, 0.29) is 5.56 Å². The number of fused-ring (bicyclic) bond motifs is 3. The van der Waals surface area contributed by atoms with Crippen LogP contribution >= 0.6 is 0 Å². The number of nitrogens with zero attached hydrogens (tertiary/aromatic N) is 4. The highest BCUT2D eigenvalue weighted by Crippen LogP contribution is 2.33. The van der Waals surface area contributed by atoms with Crippen molar-refractivity contribution in [3.8, 4) is 17.1 Å². The second-order valence-electron chi connectivity index (χ2n) is 10.8. The molecule has 0 bridgehead atoms.